The number of aromatic amines is 1. The number of carbonyl (C=O) groups is 2. The van der Waals surface area contributed by atoms with Crippen molar-refractivity contribution >= 4 is 34.5 Å². The molecule has 2 N–H and O–H groups in total. The number of carbonyl (C=O) groups excluding carboxylic acids is 2. The van der Waals surface area contributed by atoms with Crippen LogP contribution in [0.2, 0.25) is 0 Å². The third-order valence-corrected chi connectivity index (χ3v) is 6.37. The molecular formula is C27H26N4O4. The van der Waals surface area contributed by atoms with Gasteiger partial charge in [-0.25, -0.2) is 4.98 Å². The number of H-pyrrole nitrogens is 1. The number of hydrogen-bond acceptors (Lipinski definition) is 5. The maximum atomic E-state index is 13.6. The second kappa shape index (κ2) is 9.50. The normalized spacial score (nSPS) is 17.9. The predicted octanol–water partition coefficient (Wildman–Crippen LogP) is 4.70. The summed E-state index contributed by atoms with van der Waals surface area (Å²) < 4.78 is 10.9. The van der Waals surface area contributed by atoms with Gasteiger partial charge in [0.2, 0.25) is 17.8 Å². The first-order chi connectivity index (χ1) is 17.1. The zero-order valence-electron chi connectivity index (χ0n) is 19.5. The van der Waals surface area contributed by atoms with Crippen molar-refractivity contribution in [2.75, 3.05) is 24.4 Å². The molecule has 2 amide bonds. The number of piperidine rings is 1. The Morgan fingerprint density at radius 1 is 1.00 bits per heavy atom. The van der Waals surface area contributed by atoms with Crippen molar-refractivity contribution in [1.29, 1.82) is 0 Å². The highest BCUT2D eigenvalue weighted by Gasteiger charge is 2.42. The van der Waals surface area contributed by atoms with E-state index in [0.29, 0.717) is 29.6 Å². The van der Waals surface area contributed by atoms with Crippen molar-refractivity contribution in [3.63, 3.8) is 0 Å². The van der Waals surface area contributed by atoms with Crippen molar-refractivity contribution in [2.24, 2.45) is 5.92 Å². The zero-order valence-corrected chi connectivity index (χ0v) is 19.5. The number of rotatable bonds is 6. The summed E-state index contributed by atoms with van der Waals surface area (Å²) in [5.74, 6) is 0.880. The molecule has 0 radical (unpaired) electrons. The van der Waals surface area contributed by atoms with Crippen LogP contribution < -0.4 is 19.7 Å². The lowest BCUT2D eigenvalue weighted by atomic mass is 9.82. The van der Waals surface area contributed by atoms with E-state index in [1.54, 1.807) is 31.3 Å². The Balaban J connectivity index is 1.55. The number of nitrogens with one attached hydrogen (secondary N) is 2. The summed E-state index contributed by atoms with van der Waals surface area (Å²) in [6, 6.07) is 21.8. The van der Waals surface area contributed by atoms with E-state index < -0.39 is 12.0 Å². The molecule has 2 heterocycles. The van der Waals surface area contributed by atoms with Crippen molar-refractivity contribution in [1.82, 2.24) is 9.97 Å². The van der Waals surface area contributed by atoms with E-state index in [1.165, 1.54) is 0 Å². The highest BCUT2D eigenvalue weighted by molar-refractivity contribution is 6.00. The van der Waals surface area contributed by atoms with E-state index in [2.05, 4.69) is 15.3 Å². The summed E-state index contributed by atoms with van der Waals surface area (Å²) in [5, 5.41) is 2.94. The molecule has 3 aromatic carbocycles. The number of fused-ring (bicyclic) bond motifs is 1. The molecule has 0 saturated carbocycles. The molecule has 8 heteroatoms. The second-order valence-electron chi connectivity index (χ2n) is 8.39. The number of hydrogen-bond donors (Lipinski definition) is 2. The van der Waals surface area contributed by atoms with Gasteiger partial charge in [0.05, 0.1) is 37.2 Å². The van der Waals surface area contributed by atoms with Gasteiger partial charge in [-0.2, -0.15) is 0 Å². The molecule has 0 spiro atoms. The monoisotopic (exact) mass is 470 g/mol. The molecule has 0 bridgehead atoms. The first-order valence-electron chi connectivity index (χ1n) is 11.4. The first kappa shape index (κ1) is 22.5. The minimum Gasteiger partial charge on any atom is -0.497 e. The van der Waals surface area contributed by atoms with E-state index in [9.17, 15) is 9.59 Å². The molecule has 8 nitrogen and oxygen atoms in total. The molecule has 1 aromatic heterocycles. The topological polar surface area (TPSA) is 96.5 Å². The summed E-state index contributed by atoms with van der Waals surface area (Å²) in [6.45, 7) is 0. The summed E-state index contributed by atoms with van der Waals surface area (Å²) in [7, 11) is 3.18. The highest BCUT2D eigenvalue weighted by atomic mass is 16.5. The minimum absolute atomic E-state index is 0.0566. The minimum atomic E-state index is -0.565. The maximum absolute atomic E-state index is 13.6. The van der Waals surface area contributed by atoms with Crippen molar-refractivity contribution in [2.45, 2.75) is 18.9 Å². The Bertz CT molecular complexity index is 1330. The number of imidazole rings is 1. The lowest BCUT2D eigenvalue weighted by Gasteiger charge is -2.41. The zero-order chi connectivity index (χ0) is 24.4. The Hall–Kier alpha value is -4.33. The molecule has 1 aliphatic rings. The van der Waals surface area contributed by atoms with Crippen molar-refractivity contribution in [3.8, 4) is 11.5 Å². The van der Waals surface area contributed by atoms with Crippen LogP contribution in [0.1, 0.15) is 24.4 Å². The number of ether oxygens (including phenoxy) is 2. The van der Waals surface area contributed by atoms with Crippen LogP contribution in [-0.4, -0.2) is 36.0 Å². The molecule has 1 saturated heterocycles. The summed E-state index contributed by atoms with van der Waals surface area (Å²) >= 11 is 0. The molecule has 0 unspecified atom stereocenters. The van der Waals surface area contributed by atoms with Crippen LogP contribution >= 0.6 is 0 Å². The lowest BCUT2D eigenvalue weighted by molar-refractivity contribution is -0.126. The molecule has 0 aliphatic carbocycles. The third kappa shape index (κ3) is 4.30. The van der Waals surface area contributed by atoms with Crippen molar-refractivity contribution < 1.29 is 19.1 Å². The van der Waals surface area contributed by atoms with Gasteiger partial charge in [0.25, 0.3) is 0 Å². The van der Waals surface area contributed by atoms with Gasteiger partial charge in [-0.15, -0.1) is 0 Å². The summed E-state index contributed by atoms with van der Waals surface area (Å²) in [5.41, 5.74) is 3.06. The fraction of sp³-hybridized carbons (Fsp3) is 0.222. The van der Waals surface area contributed by atoms with Gasteiger partial charge < -0.3 is 19.4 Å². The number of benzene rings is 3. The molecule has 1 fully saturated rings. The Kier molecular flexibility index (Phi) is 6.10. The van der Waals surface area contributed by atoms with E-state index in [-0.39, 0.29) is 18.2 Å². The number of methoxy groups -OCH3 is 2. The predicted molar refractivity (Wildman–Crippen MR) is 134 cm³/mol. The fourth-order valence-corrected chi connectivity index (χ4v) is 4.70. The number of para-hydroxylation sites is 3. The molecule has 178 valence electrons. The number of aromatic nitrogens is 2. The van der Waals surface area contributed by atoms with Gasteiger partial charge in [-0.1, -0.05) is 30.3 Å². The second-order valence-corrected chi connectivity index (χ2v) is 8.39. The van der Waals surface area contributed by atoms with E-state index in [4.69, 9.17) is 9.47 Å². The van der Waals surface area contributed by atoms with Gasteiger partial charge in [0.1, 0.15) is 11.5 Å². The average molecular weight is 471 g/mol. The van der Waals surface area contributed by atoms with Crippen LogP contribution in [0.15, 0.2) is 72.8 Å². The van der Waals surface area contributed by atoms with Crippen LogP contribution in [0.4, 0.5) is 11.6 Å². The number of anilines is 2. The quantitative estimate of drug-likeness (QED) is 0.426. The smallest absolute Gasteiger partial charge is 0.232 e. The van der Waals surface area contributed by atoms with Gasteiger partial charge in [-0.3, -0.25) is 14.9 Å². The van der Waals surface area contributed by atoms with Gasteiger partial charge in [-0.05, 0) is 48.9 Å². The Labute approximate surface area is 202 Å². The van der Waals surface area contributed by atoms with Crippen LogP contribution in [0, 0.1) is 5.92 Å². The first-order valence-corrected chi connectivity index (χ1v) is 11.4. The van der Waals surface area contributed by atoms with Crippen LogP contribution in [0.3, 0.4) is 0 Å². The fourth-order valence-electron chi connectivity index (χ4n) is 4.70. The average Bonchev–Trinajstić information content (AvgIpc) is 3.30. The van der Waals surface area contributed by atoms with Gasteiger partial charge in [0.15, 0.2) is 0 Å². The van der Waals surface area contributed by atoms with Crippen LogP contribution in [-0.2, 0) is 9.59 Å². The van der Waals surface area contributed by atoms with E-state index in [1.807, 2.05) is 60.7 Å². The summed E-state index contributed by atoms with van der Waals surface area (Å²) in [6.07, 6.45) is 0.649. The van der Waals surface area contributed by atoms with Crippen LogP contribution in [0.25, 0.3) is 11.0 Å². The van der Waals surface area contributed by atoms with E-state index in [0.717, 1.165) is 16.6 Å². The standard InChI is InChI=1S/C27H26N4O4/c1-34-18-13-11-17(12-14-18)31-24(32)16-15-20(25(31)19-7-3-6-10-23(19)35-2)26(33)30-27-28-21-8-4-5-9-22(21)29-27/h3-14,20,25H,15-16H2,1-2H3,(H2,28,29,30,33)/t20-,25+/m0/s1. The largest absolute Gasteiger partial charge is 0.497 e. The SMILES string of the molecule is COc1ccc(N2C(=O)CC[C@H](C(=O)Nc3nc4ccccc4[nH]3)[C@H]2c2ccccc2OC)cc1. The highest BCUT2D eigenvalue weighted by Crippen LogP contribution is 2.43. The molecular weight excluding hydrogens is 444 g/mol. The maximum Gasteiger partial charge on any atom is 0.232 e. The molecule has 1 aliphatic heterocycles. The van der Waals surface area contributed by atoms with Crippen LogP contribution in [0.5, 0.6) is 11.5 Å². The van der Waals surface area contributed by atoms with Crippen molar-refractivity contribution in [3.05, 3.63) is 78.4 Å². The number of nitrogens with zero attached hydrogens (tertiary/aromatic N) is 2. The van der Waals surface area contributed by atoms with E-state index >= 15 is 0 Å². The summed E-state index contributed by atoms with van der Waals surface area (Å²) in [4.78, 5) is 36.2. The molecule has 5 rings (SSSR count). The van der Waals surface area contributed by atoms with Gasteiger partial charge in [0, 0.05) is 17.7 Å². The third-order valence-electron chi connectivity index (χ3n) is 6.37. The Morgan fingerprint density at radius 3 is 2.49 bits per heavy atom. The molecule has 35 heavy (non-hydrogen) atoms. The molecule has 4 aromatic rings. The Morgan fingerprint density at radius 2 is 1.74 bits per heavy atom. The molecule has 2 atom stereocenters. The number of amides is 2. The van der Waals surface area contributed by atoms with Gasteiger partial charge >= 0.3 is 0 Å². The lowest BCUT2D eigenvalue weighted by Crippen LogP contribution is -2.47.